The van der Waals surface area contributed by atoms with Gasteiger partial charge < -0.3 is 18.8 Å². The van der Waals surface area contributed by atoms with Crippen molar-refractivity contribution in [3.05, 3.63) is 75.6 Å². The zero-order chi connectivity index (χ0) is 21.1. The van der Waals surface area contributed by atoms with Crippen molar-refractivity contribution in [1.29, 1.82) is 0 Å². The van der Waals surface area contributed by atoms with Crippen molar-refractivity contribution in [3.8, 4) is 5.75 Å². The Labute approximate surface area is 175 Å². The predicted molar refractivity (Wildman–Crippen MR) is 114 cm³/mol. The van der Waals surface area contributed by atoms with Crippen molar-refractivity contribution in [2.24, 2.45) is 0 Å². The van der Waals surface area contributed by atoms with Gasteiger partial charge in [0, 0.05) is 19.8 Å². The number of hydrogen-bond donors (Lipinski definition) is 0. The van der Waals surface area contributed by atoms with Gasteiger partial charge in [-0.1, -0.05) is 24.3 Å². The Morgan fingerprint density at radius 3 is 2.50 bits per heavy atom. The Balaban J connectivity index is 1.80. The van der Waals surface area contributed by atoms with Gasteiger partial charge in [0.15, 0.2) is 5.43 Å². The van der Waals surface area contributed by atoms with Crippen LogP contribution in [0.25, 0.3) is 11.0 Å². The number of fused-ring (bicyclic) bond motifs is 2. The first-order valence-electron chi connectivity index (χ1n) is 10.3. The summed E-state index contributed by atoms with van der Waals surface area (Å²) in [6.45, 7) is 6.09. The van der Waals surface area contributed by atoms with E-state index in [0.29, 0.717) is 49.3 Å². The van der Waals surface area contributed by atoms with Gasteiger partial charge >= 0.3 is 0 Å². The predicted octanol–water partition coefficient (Wildman–Crippen LogP) is 4.16. The summed E-state index contributed by atoms with van der Waals surface area (Å²) < 4.78 is 16.9. The van der Waals surface area contributed by atoms with Gasteiger partial charge in [-0.25, -0.2) is 0 Å². The first kappa shape index (κ1) is 20.2. The molecule has 6 nitrogen and oxygen atoms in total. The number of para-hydroxylation sites is 1. The van der Waals surface area contributed by atoms with Crippen molar-refractivity contribution in [3.63, 3.8) is 0 Å². The average Bonchev–Trinajstić information content (AvgIpc) is 3.04. The fourth-order valence-corrected chi connectivity index (χ4v) is 3.94. The van der Waals surface area contributed by atoms with E-state index in [4.69, 9.17) is 13.9 Å². The van der Waals surface area contributed by atoms with E-state index in [1.54, 1.807) is 29.2 Å². The minimum Gasteiger partial charge on any atom is -0.494 e. The maximum Gasteiger partial charge on any atom is 0.290 e. The number of nitrogens with zero attached hydrogens (tertiary/aromatic N) is 1. The third kappa shape index (κ3) is 3.59. The van der Waals surface area contributed by atoms with Crippen LogP contribution in [0.2, 0.25) is 0 Å². The normalized spacial score (nSPS) is 15.6. The number of carbonyl (C=O) groups is 1. The Morgan fingerprint density at radius 1 is 1.00 bits per heavy atom. The highest BCUT2D eigenvalue weighted by atomic mass is 16.5. The van der Waals surface area contributed by atoms with Crippen LogP contribution in [0.1, 0.15) is 48.0 Å². The Morgan fingerprint density at radius 2 is 1.77 bits per heavy atom. The van der Waals surface area contributed by atoms with Gasteiger partial charge in [0.05, 0.1) is 23.6 Å². The molecule has 0 saturated carbocycles. The Kier molecular flexibility index (Phi) is 5.86. The van der Waals surface area contributed by atoms with Crippen LogP contribution in [-0.2, 0) is 4.74 Å². The molecular formula is C24H25NO5. The van der Waals surface area contributed by atoms with Crippen LogP contribution >= 0.6 is 0 Å². The van der Waals surface area contributed by atoms with Gasteiger partial charge in [-0.15, -0.1) is 0 Å². The molecule has 0 fully saturated rings. The lowest BCUT2D eigenvalue weighted by Gasteiger charge is -2.25. The lowest BCUT2D eigenvalue weighted by molar-refractivity contribution is 0.0696. The zero-order valence-electron chi connectivity index (χ0n) is 17.2. The lowest BCUT2D eigenvalue weighted by Crippen LogP contribution is -2.31. The standard InChI is InChI=1S/C24H25NO5/c1-3-28-15-7-14-25-21(16-10-12-17(13-11-16)29-4-2)20-22(26)18-8-5-6-9-19(18)30-23(20)24(25)27/h5-6,8-13,21H,3-4,7,14-15H2,1-2H3. The van der Waals surface area contributed by atoms with Gasteiger partial charge in [0.25, 0.3) is 5.91 Å². The van der Waals surface area contributed by atoms with Crippen molar-refractivity contribution >= 4 is 16.9 Å². The van der Waals surface area contributed by atoms with E-state index in [1.807, 2.05) is 38.1 Å². The number of carbonyl (C=O) groups excluding carboxylic acids is 1. The van der Waals surface area contributed by atoms with E-state index in [1.165, 1.54) is 0 Å². The van der Waals surface area contributed by atoms with Crippen LogP contribution < -0.4 is 10.2 Å². The molecule has 1 aliphatic rings. The quantitative estimate of drug-likeness (QED) is 0.525. The molecule has 0 bridgehead atoms. The molecule has 1 unspecified atom stereocenters. The van der Waals surface area contributed by atoms with Gasteiger partial charge in [-0.05, 0) is 50.1 Å². The second kappa shape index (κ2) is 8.71. The topological polar surface area (TPSA) is 69.0 Å². The first-order chi connectivity index (χ1) is 14.7. The van der Waals surface area contributed by atoms with E-state index in [-0.39, 0.29) is 17.1 Å². The second-order valence-electron chi connectivity index (χ2n) is 7.12. The largest absolute Gasteiger partial charge is 0.494 e. The van der Waals surface area contributed by atoms with E-state index in [2.05, 4.69) is 0 Å². The third-order valence-electron chi connectivity index (χ3n) is 5.27. The minimum atomic E-state index is -0.495. The van der Waals surface area contributed by atoms with Crippen LogP contribution in [0.15, 0.2) is 57.7 Å². The molecule has 0 aliphatic carbocycles. The molecule has 0 saturated heterocycles. The Hall–Kier alpha value is -3.12. The smallest absolute Gasteiger partial charge is 0.290 e. The fraction of sp³-hybridized carbons (Fsp3) is 0.333. The molecule has 1 atom stereocenters. The van der Waals surface area contributed by atoms with Crippen LogP contribution in [0.5, 0.6) is 5.75 Å². The number of hydrogen-bond acceptors (Lipinski definition) is 5. The number of benzene rings is 2. The number of amides is 1. The van der Waals surface area contributed by atoms with Crippen molar-refractivity contribution in [2.45, 2.75) is 26.3 Å². The Bertz CT molecular complexity index is 1100. The van der Waals surface area contributed by atoms with E-state index in [9.17, 15) is 9.59 Å². The first-order valence-corrected chi connectivity index (χ1v) is 10.3. The van der Waals surface area contributed by atoms with Crippen molar-refractivity contribution in [1.82, 2.24) is 4.90 Å². The molecule has 1 amide bonds. The molecule has 3 aromatic rings. The summed E-state index contributed by atoms with van der Waals surface area (Å²) in [5, 5.41) is 0.483. The van der Waals surface area contributed by atoms with Crippen LogP contribution in [0.4, 0.5) is 0 Å². The molecule has 0 spiro atoms. The summed E-state index contributed by atoms with van der Waals surface area (Å²) in [6.07, 6.45) is 0.675. The SMILES string of the molecule is CCOCCCN1C(=O)c2oc3ccccc3c(=O)c2C1c1ccc(OCC)cc1. The summed E-state index contributed by atoms with van der Waals surface area (Å²) in [5.41, 5.74) is 1.52. The molecule has 1 aromatic heterocycles. The molecule has 2 aromatic carbocycles. The van der Waals surface area contributed by atoms with Crippen LogP contribution in [0.3, 0.4) is 0 Å². The molecule has 0 N–H and O–H groups in total. The number of ether oxygens (including phenoxy) is 2. The summed E-state index contributed by atoms with van der Waals surface area (Å²) in [7, 11) is 0. The zero-order valence-corrected chi connectivity index (χ0v) is 17.2. The minimum absolute atomic E-state index is 0.133. The highest BCUT2D eigenvalue weighted by molar-refractivity contribution is 5.99. The molecule has 2 heterocycles. The highest BCUT2D eigenvalue weighted by Crippen LogP contribution is 2.38. The molecule has 4 rings (SSSR count). The van der Waals surface area contributed by atoms with Gasteiger partial charge in [-0.2, -0.15) is 0 Å². The van der Waals surface area contributed by atoms with Crippen molar-refractivity contribution in [2.75, 3.05) is 26.4 Å². The average molecular weight is 407 g/mol. The maximum atomic E-state index is 13.4. The van der Waals surface area contributed by atoms with Crippen LogP contribution in [-0.4, -0.2) is 37.2 Å². The van der Waals surface area contributed by atoms with Gasteiger partial charge in [0.2, 0.25) is 5.76 Å². The van der Waals surface area contributed by atoms with E-state index in [0.717, 1.165) is 11.3 Å². The van der Waals surface area contributed by atoms with Gasteiger partial charge in [0.1, 0.15) is 11.3 Å². The molecule has 6 heteroatoms. The second-order valence-corrected chi connectivity index (χ2v) is 7.12. The van der Waals surface area contributed by atoms with E-state index >= 15 is 0 Å². The summed E-state index contributed by atoms with van der Waals surface area (Å²) in [4.78, 5) is 28.3. The van der Waals surface area contributed by atoms with E-state index < -0.39 is 6.04 Å². The molecule has 156 valence electrons. The molecule has 1 aliphatic heterocycles. The molecule has 30 heavy (non-hydrogen) atoms. The monoisotopic (exact) mass is 407 g/mol. The van der Waals surface area contributed by atoms with Gasteiger partial charge in [-0.3, -0.25) is 9.59 Å². The maximum absolute atomic E-state index is 13.4. The summed E-state index contributed by atoms with van der Waals surface area (Å²) in [5.74, 6) is 0.622. The fourth-order valence-electron chi connectivity index (χ4n) is 3.94. The number of rotatable bonds is 8. The molecular weight excluding hydrogens is 382 g/mol. The lowest BCUT2D eigenvalue weighted by atomic mass is 9.98. The summed E-state index contributed by atoms with van der Waals surface area (Å²) >= 11 is 0. The summed E-state index contributed by atoms with van der Waals surface area (Å²) in [6, 6.07) is 14.1. The van der Waals surface area contributed by atoms with Crippen molar-refractivity contribution < 1.29 is 18.7 Å². The third-order valence-corrected chi connectivity index (χ3v) is 5.27. The van der Waals surface area contributed by atoms with Crippen LogP contribution in [0, 0.1) is 0 Å². The highest BCUT2D eigenvalue weighted by Gasteiger charge is 2.42. The molecule has 0 radical (unpaired) electrons.